The van der Waals surface area contributed by atoms with Gasteiger partial charge in [-0.15, -0.1) is 0 Å². The van der Waals surface area contributed by atoms with E-state index in [1.165, 1.54) is 26.2 Å². The summed E-state index contributed by atoms with van der Waals surface area (Å²) in [6, 6.07) is 4.60. The first kappa shape index (κ1) is 25.1. The van der Waals surface area contributed by atoms with Crippen LogP contribution in [0.5, 0.6) is 0 Å². The Labute approximate surface area is 187 Å². The molecule has 2 rings (SSSR count). The summed E-state index contributed by atoms with van der Waals surface area (Å²) >= 11 is 6.18. The van der Waals surface area contributed by atoms with E-state index >= 15 is 0 Å². The van der Waals surface area contributed by atoms with E-state index in [0.29, 0.717) is 12.1 Å². The van der Waals surface area contributed by atoms with Gasteiger partial charge in [-0.25, -0.2) is 12.7 Å². The van der Waals surface area contributed by atoms with Crippen LogP contribution in [0, 0.1) is 0 Å². The van der Waals surface area contributed by atoms with Crippen molar-refractivity contribution in [1.29, 1.82) is 0 Å². The third-order valence-electron chi connectivity index (χ3n) is 5.56. The lowest BCUT2D eigenvalue weighted by atomic mass is 9.78. The summed E-state index contributed by atoms with van der Waals surface area (Å²) in [4.78, 5) is 15.5. The van der Waals surface area contributed by atoms with E-state index < -0.39 is 10.0 Å². The number of carbonyl (C=O) groups is 1. The first-order valence-corrected chi connectivity index (χ1v) is 12.3. The fraction of sp³-hybridized carbons (Fsp3) is 0.682. The zero-order chi connectivity index (χ0) is 22.9. The molecule has 0 aromatic heterocycles. The van der Waals surface area contributed by atoms with Crippen LogP contribution in [0.4, 0.5) is 0 Å². The molecule has 1 N–H and O–H groups in total. The van der Waals surface area contributed by atoms with Crippen LogP contribution in [0.3, 0.4) is 0 Å². The molecule has 1 aromatic carbocycles. The van der Waals surface area contributed by atoms with Gasteiger partial charge in [0.05, 0.1) is 5.02 Å². The maximum Gasteiger partial charge on any atom is 0.254 e. The third-order valence-corrected chi connectivity index (χ3v) is 7.86. The van der Waals surface area contributed by atoms with Gasteiger partial charge in [0.15, 0.2) is 0 Å². The summed E-state index contributed by atoms with van der Waals surface area (Å²) in [6.07, 6.45) is 3.54. The molecule has 0 aliphatic carbocycles. The zero-order valence-electron chi connectivity index (χ0n) is 19.3. The number of rotatable bonds is 7. The molecule has 1 heterocycles. The predicted octanol–water partition coefficient (Wildman–Crippen LogP) is 4.14. The van der Waals surface area contributed by atoms with Crippen molar-refractivity contribution in [1.82, 2.24) is 14.5 Å². The lowest BCUT2D eigenvalue weighted by Gasteiger charge is -2.49. The molecule has 30 heavy (non-hydrogen) atoms. The van der Waals surface area contributed by atoms with Crippen molar-refractivity contribution in [3.05, 3.63) is 28.8 Å². The summed E-state index contributed by atoms with van der Waals surface area (Å²) in [7, 11) is -0.845. The molecule has 6 nitrogen and oxygen atoms in total. The number of carbonyl (C=O) groups excluding carboxylic acids is 1. The van der Waals surface area contributed by atoms with Gasteiger partial charge in [0.25, 0.3) is 5.91 Å². The number of unbranched alkanes of at least 4 members (excludes halogenated alkanes) is 1. The summed E-state index contributed by atoms with van der Waals surface area (Å²) < 4.78 is 26.4. The molecule has 1 saturated heterocycles. The van der Waals surface area contributed by atoms with Gasteiger partial charge >= 0.3 is 0 Å². The number of amides is 1. The van der Waals surface area contributed by atoms with Gasteiger partial charge in [0.1, 0.15) is 4.90 Å². The first-order valence-electron chi connectivity index (χ1n) is 10.5. The van der Waals surface area contributed by atoms with Crippen LogP contribution in [-0.2, 0) is 10.0 Å². The smallest absolute Gasteiger partial charge is 0.254 e. The highest BCUT2D eigenvalue weighted by Gasteiger charge is 2.41. The van der Waals surface area contributed by atoms with E-state index in [-0.39, 0.29) is 32.9 Å². The maximum atomic E-state index is 13.6. The van der Waals surface area contributed by atoms with E-state index in [9.17, 15) is 13.2 Å². The highest BCUT2D eigenvalue weighted by Crippen LogP contribution is 2.33. The number of benzene rings is 1. The minimum absolute atomic E-state index is 0.0403. The van der Waals surface area contributed by atoms with Crippen molar-refractivity contribution in [3.8, 4) is 0 Å². The van der Waals surface area contributed by atoms with Crippen LogP contribution in [0.15, 0.2) is 23.1 Å². The molecule has 1 aliphatic rings. The van der Waals surface area contributed by atoms with Crippen LogP contribution in [-0.4, -0.2) is 61.3 Å². The molecule has 0 radical (unpaired) electrons. The minimum Gasteiger partial charge on any atom is -0.336 e. The Balaban J connectivity index is 2.45. The summed E-state index contributed by atoms with van der Waals surface area (Å²) in [6.45, 7) is 11.4. The minimum atomic E-state index is -3.75. The molecular formula is C22H36ClN3O3S. The van der Waals surface area contributed by atoms with E-state index in [0.717, 1.165) is 30.0 Å². The Morgan fingerprint density at radius 1 is 1.17 bits per heavy atom. The Kier molecular flexibility index (Phi) is 7.66. The van der Waals surface area contributed by atoms with Crippen molar-refractivity contribution >= 4 is 27.5 Å². The largest absolute Gasteiger partial charge is 0.336 e. The standard InChI is InChI=1S/C22H36ClN3O3S/c1-8-9-12-26(17-14-21(2,3)24-22(4,5)15-17)20(27)16-10-11-18(23)19(13-16)30(28,29)25(6)7/h10-11,13,17,24H,8-9,12,14-15H2,1-7H3. The van der Waals surface area contributed by atoms with Crippen molar-refractivity contribution in [2.75, 3.05) is 20.6 Å². The molecule has 170 valence electrons. The van der Waals surface area contributed by atoms with Crippen molar-refractivity contribution in [2.24, 2.45) is 0 Å². The van der Waals surface area contributed by atoms with Gasteiger partial charge in [-0.3, -0.25) is 4.79 Å². The van der Waals surface area contributed by atoms with E-state index in [4.69, 9.17) is 11.6 Å². The molecule has 1 amide bonds. The quantitative estimate of drug-likeness (QED) is 0.667. The van der Waals surface area contributed by atoms with Crippen LogP contribution in [0.25, 0.3) is 0 Å². The average Bonchev–Trinajstić information content (AvgIpc) is 2.59. The second kappa shape index (κ2) is 9.15. The van der Waals surface area contributed by atoms with Gasteiger partial charge in [-0.1, -0.05) is 24.9 Å². The molecular weight excluding hydrogens is 422 g/mol. The molecule has 0 unspecified atom stereocenters. The molecule has 8 heteroatoms. The SMILES string of the molecule is CCCCN(C(=O)c1ccc(Cl)c(S(=O)(=O)N(C)C)c1)C1CC(C)(C)NC(C)(C)C1. The molecule has 0 saturated carbocycles. The van der Waals surface area contributed by atoms with Crippen molar-refractivity contribution in [3.63, 3.8) is 0 Å². The molecule has 0 bridgehead atoms. The van der Waals surface area contributed by atoms with Gasteiger partial charge in [0.2, 0.25) is 10.0 Å². The topological polar surface area (TPSA) is 69.7 Å². The Morgan fingerprint density at radius 2 is 1.73 bits per heavy atom. The third kappa shape index (κ3) is 5.75. The number of hydrogen-bond acceptors (Lipinski definition) is 4. The van der Waals surface area contributed by atoms with Gasteiger partial charge in [0, 0.05) is 43.3 Å². The fourth-order valence-electron chi connectivity index (χ4n) is 4.46. The maximum absolute atomic E-state index is 13.6. The van der Waals surface area contributed by atoms with Crippen LogP contribution < -0.4 is 5.32 Å². The van der Waals surface area contributed by atoms with Gasteiger partial charge in [-0.2, -0.15) is 0 Å². The van der Waals surface area contributed by atoms with Crippen LogP contribution in [0.1, 0.15) is 70.7 Å². The molecule has 1 aliphatic heterocycles. The second-order valence-electron chi connectivity index (χ2n) is 9.74. The zero-order valence-corrected chi connectivity index (χ0v) is 20.8. The monoisotopic (exact) mass is 457 g/mol. The first-order chi connectivity index (χ1) is 13.7. The number of hydrogen-bond donors (Lipinski definition) is 1. The number of nitrogens with zero attached hydrogens (tertiary/aromatic N) is 2. The summed E-state index contributed by atoms with van der Waals surface area (Å²) in [5.41, 5.74) is 0.151. The number of sulfonamides is 1. The summed E-state index contributed by atoms with van der Waals surface area (Å²) in [5.74, 6) is -0.145. The lowest BCUT2D eigenvalue weighted by molar-refractivity contribution is 0.0441. The normalized spacial score (nSPS) is 19.1. The second-order valence-corrected chi connectivity index (χ2v) is 12.3. The number of piperidine rings is 1. The fourth-order valence-corrected chi connectivity index (χ4v) is 5.86. The lowest BCUT2D eigenvalue weighted by Crippen LogP contribution is -2.62. The molecule has 0 atom stereocenters. The number of nitrogens with one attached hydrogen (secondary N) is 1. The summed E-state index contributed by atoms with van der Waals surface area (Å²) in [5, 5.41) is 3.78. The Hall–Kier alpha value is -1.15. The molecule has 1 aromatic rings. The van der Waals surface area contributed by atoms with Gasteiger partial charge in [-0.05, 0) is 65.2 Å². The Morgan fingerprint density at radius 3 is 2.23 bits per heavy atom. The number of halogens is 1. The van der Waals surface area contributed by atoms with E-state index in [1.54, 1.807) is 6.07 Å². The average molecular weight is 458 g/mol. The Bertz CT molecular complexity index is 866. The molecule has 1 fully saturated rings. The van der Waals surface area contributed by atoms with Gasteiger partial charge < -0.3 is 10.2 Å². The predicted molar refractivity (Wildman–Crippen MR) is 123 cm³/mol. The highest BCUT2D eigenvalue weighted by molar-refractivity contribution is 7.89. The van der Waals surface area contributed by atoms with E-state index in [1.807, 2.05) is 4.90 Å². The highest BCUT2D eigenvalue weighted by atomic mass is 35.5. The molecule has 0 spiro atoms. The van der Waals surface area contributed by atoms with Crippen molar-refractivity contribution in [2.45, 2.75) is 82.3 Å². The van der Waals surface area contributed by atoms with E-state index in [2.05, 4.69) is 39.9 Å². The van der Waals surface area contributed by atoms with Crippen molar-refractivity contribution < 1.29 is 13.2 Å². The van der Waals surface area contributed by atoms with Crippen LogP contribution in [0.2, 0.25) is 5.02 Å². The van der Waals surface area contributed by atoms with Crippen LogP contribution >= 0.6 is 11.6 Å².